The number of ketones is 1. The maximum absolute atomic E-state index is 12.5. The number of nitrogen functional groups attached to an aromatic ring is 1. The van der Waals surface area contributed by atoms with E-state index in [1.165, 1.54) is 18.9 Å². The molecule has 1 fully saturated rings. The number of nitrogens with one attached hydrogen (secondary N) is 1. The number of carbonyl (C=O) groups excluding carboxylic acids is 3. The van der Waals surface area contributed by atoms with E-state index in [0.717, 1.165) is 9.75 Å². The molecule has 16 heteroatoms. The van der Waals surface area contributed by atoms with Crippen LogP contribution in [0.4, 0.5) is 5.95 Å². The average Bonchev–Trinajstić information content (AvgIpc) is 3.02. The Morgan fingerprint density at radius 1 is 1.38 bits per heavy atom. The quantitative estimate of drug-likeness (QED) is 0.276. The van der Waals surface area contributed by atoms with Gasteiger partial charge in [-0.2, -0.15) is 17.8 Å². The zero-order valence-electron chi connectivity index (χ0n) is 15.8. The number of aromatic nitrogens is 4. The van der Waals surface area contributed by atoms with Crippen molar-refractivity contribution in [2.75, 3.05) is 25.9 Å². The molecule has 0 aliphatic carbocycles. The first-order valence-electron chi connectivity index (χ1n) is 8.46. The van der Waals surface area contributed by atoms with E-state index in [1.54, 1.807) is 0 Å². The fraction of sp³-hybridized carbons (Fsp3) is 0.692. The minimum Gasteiger partial charge on any atom is -0.367 e. The van der Waals surface area contributed by atoms with Crippen molar-refractivity contribution in [3.05, 3.63) is 0 Å². The van der Waals surface area contributed by atoms with Crippen LogP contribution in [0.5, 0.6) is 0 Å². The monoisotopic (exact) mass is 434 g/mol. The number of carbonyl (C=O) groups is 3. The van der Waals surface area contributed by atoms with Gasteiger partial charge < -0.3 is 16.0 Å². The van der Waals surface area contributed by atoms with Crippen LogP contribution in [0.25, 0.3) is 0 Å². The number of rotatable bonds is 8. The summed E-state index contributed by atoms with van der Waals surface area (Å²) < 4.78 is 35.9. The lowest BCUT2D eigenvalue weighted by molar-refractivity contribution is -0.148. The lowest BCUT2D eigenvalue weighted by Crippen LogP contribution is -2.57. The number of piperidine rings is 1. The van der Waals surface area contributed by atoms with Crippen LogP contribution in [0, 0.1) is 0 Å². The number of anilines is 1. The number of amides is 2. The molecule has 2 heterocycles. The maximum atomic E-state index is 12.5. The summed E-state index contributed by atoms with van der Waals surface area (Å²) in [5.41, 5.74) is 5.46. The van der Waals surface area contributed by atoms with Gasteiger partial charge in [0, 0.05) is 20.5 Å². The number of hydroxylamine groups is 2. The molecule has 1 saturated heterocycles. The Labute approximate surface area is 166 Å². The molecule has 1 aliphatic rings. The molecule has 1 aromatic heterocycles. The molecule has 2 amide bonds. The Balaban J connectivity index is 1.93. The number of nitrogens with two attached hydrogens (primary N) is 1. The molecule has 0 unspecified atom stereocenters. The summed E-state index contributed by atoms with van der Waals surface area (Å²) in [6.45, 7) is 0.724. The summed E-state index contributed by atoms with van der Waals surface area (Å²) >= 11 is 0. The van der Waals surface area contributed by atoms with E-state index in [0.29, 0.717) is 6.42 Å². The first-order chi connectivity index (χ1) is 13.5. The van der Waals surface area contributed by atoms with E-state index in [-0.39, 0.29) is 32.0 Å². The first-order valence-corrected chi connectivity index (χ1v) is 9.82. The molecular weight excluding hydrogens is 412 g/mol. The van der Waals surface area contributed by atoms with Crippen LogP contribution < -0.4 is 11.1 Å². The number of tetrazole rings is 1. The third-order valence-electron chi connectivity index (χ3n) is 4.34. The standard InChI is InChI=1S/C13H22N8O7S/c1-8(22)20-6-9(19(2)28-29(25,26)27)3-4-11(20)12(24)15-5-10(23)7-21-13(14)16-17-18-21/h9,11H,3-7H2,1-2H3,(H,15,24)(H2,14,16,18)(H,25,26,27)/t9-,11+/m1/s1. The van der Waals surface area contributed by atoms with Crippen LogP contribution in [0.3, 0.4) is 0 Å². The molecule has 0 radical (unpaired) electrons. The lowest BCUT2D eigenvalue weighted by atomic mass is 9.97. The lowest BCUT2D eigenvalue weighted by Gasteiger charge is -2.40. The molecule has 1 aromatic rings. The van der Waals surface area contributed by atoms with E-state index < -0.39 is 40.1 Å². The number of likely N-dealkylation sites (N-methyl/N-ethyl adjacent to an activating group) is 1. The molecule has 29 heavy (non-hydrogen) atoms. The second-order valence-electron chi connectivity index (χ2n) is 6.42. The van der Waals surface area contributed by atoms with E-state index >= 15 is 0 Å². The Bertz CT molecular complexity index is 872. The zero-order chi connectivity index (χ0) is 21.8. The molecule has 2 rings (SSSR count). The zero-order valence-corrected chi connectivity index (χ0v) is 16.6. The van der Waals surface area contributed by atoms with Crippen molar-refractivity contribution >= 4 is 33.9 Å². The minimum absolute atomic E-state index is 0.00541. The summed E-state index contributed by atoms with van der Waals surface area (Å²) in [5.74, 6) is -1.39. The van der Waals surface area contributed by atoms with E-state index in [4.69, 9.17) is 10.3 Å². The van der Waals surface area contributed by atoms with Gasteiger partial charge in [0.15, 0.2) is 5.78 Å². The molecule has 4 N–H and O–H groups in total. The van der Waals surface area contributed by atoms with Crippen molar-refractivity contribution in [1.82, 2.24) is 35.5 Å². The molecule has 0 saturated carbocycles. The number of hydrogen-bond donors (Lipinski definition) is 3. The molecule has 2 atom stereocenters. The molecule has 0 spiro atoms. The van der Waals surface area contributed by atoms with Crippen LogP contribution in [0.2, 0.25) is 0 Å². The minimum atomic E-state index is -4.70. The third kappa shape index (κ3) is 6.41. The smallest absolute Gasteiger partial charge is 0.367 e. The van der Waals surface area contributed by atoms with Crippen LogP contribution in [0.15, 0.2) is 0 Å². The Morgan fingerprint density at radius 3 is 2.62 bits per heavy atom. The van der Waals surface area contributed by atoms with Crippen molar-refractivity contribution < 1.29 is 31.6 Å². The molecule has 1 aliphatic heterocycles. The predicted molar refractivity (Wildman–Crippen MR) is 94.8 cm³/mol. The van der Waals surface area contributed by atoms with Gasteiger partial charge in [0.25, 0.3) is 0 Å². The molecular formula is C13H22N8O7S. The fourth-order valence-corrected chi connectivity index (χ4v) is 3.35. The van der Waals surface area contributed by atoms with Gasteiger partial charge in [0.2, 0.25) is 17.8 Å². The van der Waals surface area contributed by atoms with Gasteiger partial charge in [0.1, 0.15) is 12.6 Å². The maximum Gasteiger partial charge on any atom is 0.413 e. The number of Topliss-reactive ketones (excluding diaryl/α,β-unsaturated/α-hetero) is 1. The molecule has 0 bridgehead atoms. The molecule has 15 nitrogen and oxygen atoms in total. The highest BCUT2D eigenvalue weighted by atomic mass is 32.3. The van der Waals surface area contributed by atoms with E-state index in [9.17, 15) is 22.8 Å². The predicted octanol–water partition coefficient (Wildman–Crippen LogP) is -3.01. The highest BCUT2D eigenvalue weighted by molar-refractivity contribution is 7.80. The number of likely N-dealkylation sites (tertiary alicyclic amines) is 1. The topological polar surface area (TPSA) is 203 Å². The van der Waals surface area contributed by atoms with Crippen molar-refractivity contribution in [1.29, 1.82) is 0 Å². The summed E-state index contributed by atoms with van der Waals surface area (Å²) in [6, 6.07) is -1.40. The highest BCUT2D eigenvalue weighted by Gasteiger charge is 2.37. The van der Waals surface area contributed by atoms with E-state index in [2.05, 4.69) is 25.1 Å². The van der Waals surface area contributed by atoms with Crippen LogP contribution in [0.1, 0.15) is 19.8 Å². The Hall–Kier alpha value is -2.69. The summed E-state index contributed by atoms with van der Waals surface area (Å²) in [6.07, 6.45) is 0.506. The van der Waals surface area contributed by atoms with Gasteiger partial charge in [-0.15, -0.1) is 0 Å². The Morgan fingerprint density at radius 2 is 2.07 bits per heavy atom. The summed E-state index contributed by atoms with van der Waals surface area (Å²) in [7, 11) is -3.41. The molecule has 162 valence electrons. The van der Waals surface area contributed by atoms with Gasteiger partial charge in [-0.25, -0.2) is 4.68 Å². The van der Waals surface area contributed by atoms with Crippen LogP contribution in [-0.4, -0.2) is 93.0 Å². The fourth-order valence-electron chi connectivity index (χ4n) is 2.93. The van der Waals surface area contributed by atoms with Crippen LogP contribution in [-0.2, 0) is 35.6 Å². The first kappa shape index (κ1) is 22.6. The van der Waals surface area contributed by atoms with Crippen molar-refractivity contribution in [3.8, 4) is 0 Å². The Kier molecular flexibility index (Phi) is 7.17. The van der Waals surface area contributed by atoms with Gasteiger partial charge in [0.05, 0.1) is 12.6 Å². The van der Waals surface area contributed by atoms with Gasteiger partial charge in [-0.05, 0) is 23.3 Å². The summed E-state index contributed by atoms with van der Waals surface area (Å²) in [4.78, 5) is 37.7. The SMILES string of the molecule is CC(=O)N1C[C@H](N(C)OS(=O)(=O)O)CC[C@H]1C(=O)NCC(=O)Cn1nnnc1N. The van der Waals surface area contributed by atoms with Crippen molar-refractivity contribution in [2.45, 2.75) is 38.4 Å². The third-order valence-corrected chi connectivity index (χ3v) is 4.76. The number of nitrogens with zero attached hydrogens (tertiary/aromatic N) is 6. The second kappa shape index (κ2) is 9.21. The largest absolute Gasteiger partial charge is 0.413 e. The van der Waals surface area contributed by atoms with Gasteiger partial charge in [-0.3, -0.25) is 18.9 Å². The second-order valence-corrected chi connectivity index (χ2v) is 7.42. The van der Waals surface area contributed by atoms with Crippen LogP contribution >= 0.6 is 0 Å². The normalized spacial score (nSPS) is 19.9. The van der Waals surface area contributed by atoms with Gasteiger partial charge in [-0.1, -0.05) is 5.10 Å². The van der Waals surface area contributed by atoms with Crippen molar-refractivity contribution in [3.63, 3.8) is 0 Å². The van der Waals surface area contributed by atoms with Crippen molar-refractivity contribution in [2.24, 2.45) is 0 Å². The average molecular weight is 434 g/mol. The van der Waals surface area contributed by atoms with E-state index in [1.807, 2.05) is 0 Å². The number of hydrogen-bond acceptors (Lipinski definition) is 11. The van der Waals surface area contributed by atoms with Gasteiger partial charge >= 0.3 is 10.4 Å². The highest BCUT2D eigenvalue weighted by Crippen LogP contribution is 2.22. The summed E-state index contributed by atoms with van der Waals surface area (Å²) in [5, 5.41) is 13.6. The molecule has 0 aromatic carbocycles.